The lowest BCUT2D eigenvalue weighted by Gasteiger charge is -2.05. The van der Waals surface area contributed by atoms with E-state index in [-0.39, 0.29) is 4.96 Å². The van der Waals surface area contributed by atoms with Gasteiger partial charge < -0.3 is 5.32 Å². The van der Waals surface area contributed by atoms with Gasteiger partial charge in [-0.2, -0.15) is 17.7 Å². The molecule has 0 spiro atoms. The summed E-state index contributed by atoms with van der Waals surface area (Å²) in [5.74, 6) is -7.47. The van der Waals surface area contributed by atoms with Crippen LogP contribution < -0.4 is 5.32 Å². The molecule has 0 radical (unpaired) electrons. The summed E-state index contributed by atoms with van der Waals surface area (Å²) in [6.45, 7) is 0. The van der Waals surface area contributed by atoms with Crippen molar-refractivity contribution in [3.05, 3.63) is 40.4 Å². The second-order valence-electron chi connectivity index (χ2n) is 4.30. The average Bonchev–Trinajstić information content (AvgIpc) is 3.06. The first-order valence-corrected chi connectivity index (χ1v) is 6.74. The van der Waals surface area contributed by atoms with Crippen molar-refractivity contribution < 1.29 is 31.1 Å². The van der Waals surface area contributed by atoms with Gasteiger partial charge in [-0.25, -0.2) is 13.2 Å². The van der Waals surface area contributed by atoms with Gasteiger partial charge in [-0.05, 0) is 12.1 Å². The van der Waals surface area contributed by atoms with E-state index in [0.717, 1.165) is 6.07 Å². The Hall–Kier alpha value is -2.70. The van der Waals surface area contributed by atoms with Gasteiger partial charge in [-0.1, -0.05) is 11.3 Å². The van der Waals surface area contributed by atoms with E-state index < -0.39 is 46.1 Å². The van der Waals surface area contributed by atoms with E-state index in [1.807, 2.05) is 5.32 Å². The molecule has 2 aromatic heterocycles. The molecular weight excluding hydrogens is 364 g/mol. The minimum Gasteiger partial charge on any atom is -0.317 e. The normalized spacial score (nSPS) is 11.9. The average molecular weight is 367 g/mol. The van der Waals surface area contributed by atoms with Crippen LogP contribution in [0.2, 0.25) is 0 Å². The van der Waals surface area contributed by atoms with Gasteiger partial charge in [0, 0.05) is 0 Å². The van der Waals surface area contributed by atoms with Crippen LogP contribution in [0.3, 0.4) is 0 Å². The molecule has 3 aromatic rings. The summed E-state index contributed by atoms with van der Waals surface area (Å²) in [4.78, 5) is 11.6. The number of nitrogens with one attached hydrogen (secondary N) is 1. The van der Waals surface area contributed by atoms with Crippen molar-refractivity contribution in [1.82, 2.24) is 19.8 Å². The van der Waals surface area contributed by atoms with E-state index in [1.54, 1.807) is 0 Å². The Labute approximate surface area is 131 Å². The Morgan fingerprint density at radius 2 is 1.83 bits per heavy atom. The van der Waals surface area contributed by atoms with Gasteiger partial charge in [-0.3, -0.25) is 4.79 Å². The number of alkyl halides is 3. The lowest BCUT2D eigenvalue weighted by atomic mass is 10.3. The largest absolute Gasteiger partial charge is 0.453 e. The molecule has 1 aromatic carbocycles. The molecule has 1 amide bonds. The Morgan fingerprint density at radius 3 is 2.50 bits per heavy atom. The summed E-state index contributed by atoms with van der Waals surface area (Å²) in [6.07, 6.45) is -4.84. The maximum Gasteiger partial charge on any atom is 0.453 e. The Morgan fingerprint density at radius 1 is 1.12 bits per heavy atom. The highest BCUT2D eigenvalue weighted by Crippen LogP contribution is 2.29. The number of benzene rings is 1. The van der Waals surface area contributed by atoms with Crippen molar-refractivity contribution in [2.24, 2.45) is 0 Å². The molecule has 0 aliphatic heterocycles. The van der Waals surface area contributed by atoms with Gasteiger partial charge in [0.05, 0.1) is 5.69 Å². The first-order chi connectivity index (χ1) is 11.2. The molecule has 0 fully saturated rings. The van der Waals surface area contributed by atoms with E-state index in [9.17, 15) is 31.1 Å². The van der Waals surface area contributed by atoms with Crippen LogP contribution in [0.4, 0.5) is 32.0 Å². The molecule has 6 nitrogen and oxygen atoms in total. The Balaban J connectivity index is 1.92. The maximum atomic E-state index is 13.5. The van der Waals surface area contributed by atoms with Crippen LogP contribution in [0.25, 0.3) is 4.96 Å². The number of carbonyl (C=O) groups excluding carboxylic acids is 1. The zero-order chi connectivity index (χ0) is 17.6. The van der Waals surface area contributed by atoms with Gasteiger partial charge in [0.25, 0.3) is 11.7 Å². The Kier molecular flexibility index (Phi) is 3.66. The highest BCUT2D eigenvalue weighted by Gasteiger charge is 2.38. The molecule has 0 atom stereocenters. The van der Waals surface area contributed by atoms with E-state index in [2.05, 4.69) is 15.3 Å². The SMILES string of the molecule is O=C(Nc1ccc(F)c(F)c1F)c1nn2c(C(F)(F)F)nnc2s1. The second kappa shape index (κ2) is 5.43. The predicted molar refractivity (Wildman–Crippen MR) is 67.9 cm³/mol. The third-order valence-electron chi connectivity index (χ3n) is 2.72. The van der Waals surface area contributed by atoms with Gasteiger partial charge >= 0.3 is 6.18 Å². The van der Waals surface area contributed by atoms with Crippen LogP contribution in [0.1, 0.15) is 15.6 Å². The van der Waals surface area contributed by atoms with Crippen molar-refractivity contribution in [1.29, 1.82) is 0 Å². The van der Waals surface area contributed by atoms with E-state index in [1.165, 1.54) is 0 Å². The number of hydrogen-bond donors (Lipinski definition) is 1. The molecule has 0 saturated carbocycles. The number of amides is 1. The molecule has 3 rings (SSSR count). The van der Waals surface area contributed by atoms with Gasteiger partial charge in [0.15, 0.2) is 17.5 Å². The van der Waals surface area contributed by atoms with Crippen LogP contribution in [-0.4, -0.2) is 25.7 Å². The summed E-state index contributed by atoms with van der Waals surface area (Å²) in [7, 11) is 0. The number of fused-ring (bicyclic) bond motifs is 1. The molecule has 1 N–H and O–H groups in total. The monoisotopic (exact) mass is 367 g/mol. The number of halogens is 6. The van der Waals surface area contributed by atoms with E-state index in [0.29, 0.717) is 21.9 Å². The number of hydrogen-bond acceptors (Lipinski definition) is 5. The minimum atomic E-state index is -4.84. The summed E-state index contributed by atoms with van der Waals surface area (Å²) in [6, 6.07) is 1.33. The Bertz CT molecular complexity index is 948. The van der Waals surface area contributed by atoms with Crippen molar-refractivity contribution >= 4 is 27.9 Å². The number of nitrogens with zero attached hydrogens (tertiary/aromatic N) is 4. The zero-order valence-corrected chi connectivity index (χ0v) is 11.8. The molecule has 24 heavy (non-hydrogen) atoms. The first-order valence-electron chi connectivity index (χ1n) is 5.92. The van der Waals surface area contributed by atoms with Crippen molar-refractivity contribution in [3.8, 4) is 0 Å². The highest BCUT2D eigenvalue weighted by atomic mass is 32.1. The standard InChI is InChI=1S/C11H3F6N5OS/c12-3-1-2-4(6(14)5(3)13)18-7(23)8-21-22-9(11(15,16)17)19-20-10(22)24-8/h1-2H,(H,18,23). The van der Waals surface area contributed by atoms with Gasteiger partial charge in [0.1, 0.15) is 0 Å². The summed E-state index contributed by atoms with van der Waals surface area (Å²) in [5.41, 5.74) is -0.694. The zero-order valence-electron chi connectivity index (χ0n) is 11.0. The van der Waals surface area contributed by atoms with E-state index in [4.69, 9.17) is 0 Å². The number of anilines is 1. The van der Waals surface area contributed by atoms with Crippen LogP contribution in [0.5, 0.6) is 0 Å². The fourth-order valence-corrected chi connectivity index (χ4v) is 2.42. The molecule has 0 unspecified atom stereocenters. The summed E-state index contributed by atoms with van der Waals surface area (Å²) >= 11 is 0.451. The number of carbonyl (C=O) groups is 1. The fraction of sp³-hybridized carbons (Fsp3) is 0.0909. The minimum absolute atomic E-state index is 0.307. The smallest absolute Gasteiger partial charge is 0.317 e. The fourth-order valence-electron chi connectivity index (χ4n) is 1.68. The molecule has 0 saturated heterocycles. The van der Waals surface area contributed by atoms with Crippen LogP contribution in [0, 0.1) is 17.5 Å². The lowest BCUT2D eigenvalue weighted by Crippen LogP contribution is -2.16. The van der Waals surface area contributed by atoms with Crippen LogP contribution in [-0.2, 0) is 6.18 Å². The summed E-state index contributed by atoms with van der Waals surface area (Å²) in [5, 5.41) is 10.9. The van der Waals surface area contributed by atoms with Crippen LogP contribution in [0.15, 0.2) is 12.1 Å². The molecule has 0 aliphatic rings. The van der Waals surface area contributed by atoms with Crippen molar-refractivity contribution in [2.45, 2.75) is 6.18 Å². The molecule has 0 bridgehead atoms. The quantitative estimate of drug-likeness (QED) is 0.559. The number of rotatable bonds is 2. The van der Waals surface area contributed by atoms with Crippen molar-refractivity contribution in [3.63, 3.8) is 0 Å². The van der Waals surface area contributed by atoms with Gasteiger partial charge in [0.2, 0.25) is 9.97 Å². The maximum absolute atomic E-state index is 13.5. The third-order valence-corrected chi connectivity index (χ3v) is 3.62. The molecule has 0 aliphatic carbocycles. The topological polar surface area (TPSA) is 72.2 Å². The lowest BCUT2D eigenvalue weighted by molar-refractivity contribution is -0.146. The molecule has 126 valence electrons. The van der Waals surface area contributed by atoms with Crippen molar-refractivity contribution in [2.75, 3.05) is 5.32 Å². The molecule has 2 heterocycles. The first kappa shape index (κ1) is 16.2. The molecule has 13 heteroatoms. The summed E-state index contributed by atoms with van der Waals surface area (Å²) < 4.78 is 77.7. The predicted octanol–water partition coefficient (Wildman–Crippen LogP) is 2.87. The van der Waals surface area contributed by atoms with Gasteiger partial charge in [-0.15, -0.1) is 15.3 Å². The van der Waals surface area contributed by atoms with Crippen LogP contribution >= 0.6 is 11.3 Å². The number of aromatic nitrogens is 4. The molecular formula is C11H3F6N5OS. The highest BCUT2D eigenvalue weighted by molar-refractivity contribution is 7.18. The second-order valence-corrected chi connectivity index (χ2v) is 5.26. The van der Waals surface area contributed by atoms with E-state index >= 15 is 0 Å². The third kappa shape index (κ3) is 2.66.